The SMILES string of the molecule is CC/C=C\C/C=C\C/C=C\C/C=C\C/C=C\C/C=C\CCCCCCCCCCCCC(=O)OCC(COC(=O)CCCCCCC/C=C\CCCCC)OC(=O)CCCCCCCCCCC/C=C\C/C=C\CCCCCCC. The molecule has 0 saturated carbocycles. The molecule has 0 saturated heterocycles. The first kappa shape index (κ1) is 76.1. The molecule has 80 heavy (non-hydrogen) atoms. The Bertz CT molecular complexity index is 1610. The topological polar surface area (TPSA) is 78.9 Å². The van der Waals surface area contributed by atoms with Crippen LogP contribution in [0.2, 0.25) is 0 Å². The van der Waals surface area contributed by atoms with Crippen LogP contribution in [0.1, 0.15) is 323 Å². The Morgan fingerprint density at radius 3 is 0.800 bits per heavy atom. The highest BCUT2D eigenvalue weighted by atomic mass is 16.6. The van der Waals surface area contributed by atoms with E-state index in [1.165, 1.54) is 173 Å². The summed E-state index contributed by atoms with van der Waals surface area (Å²) in [5.74, 6) is -0.892. The molecule has 6 heteroatoms. The van der Waals surface area contributed by atoms with E-state index in [0.29, 0.717) is 19.3 Å². The summed E-state index contributed by atoms with van der Waals surface area (Å²) in [5, 5.41) is 0. The van der Waals surface area contributed by atoms with Gasteiger partial charge in [-0.3, -0.25) is 14.4 Å². The van der Waals surface area contributed by atoms with Crippen LogP contribution in [-0.4, -0.2) is 37.2 Å². The molecule has 6 nitrogen and oxygen atoms in total. The number of rotatable bonds is 61. The molecule has 1 atom stereocenters. The van der Waals surface area contributed by atoms with E-state index in [4.69, 9.17) is 14.2 Å². The molecule has 0 amide bonds. The van der Waals surface area contributed by atoms with Crippen molar-refractivity contribution in [2.24, 2.45) is 0 Å². The van der Waals surface area contributed by atoms with Crippen molar-refractivity contribution < 1.29 is 28.6 Å². The van der Waals surface area contributed by atoms with Gasteiger partial charge in [0.2, 0.25) is 0 Å². The predicted octanol–water partition coefficient (Wildman–Crippen LogP) is 23.4. The first-order valence-electron chi connectivity index (χ1n) is 33.9. The van der Waals surface area contributed by atoms with E-state index in [0.717, 1.165) is 109 Å². The van der Waals surface area contributed by atoms with Gasteiger partial charge in [0.25, 0.3) is 0 Å². The van der Waals surface area contributed by atoms with Crippen LogP contribution in [0.3, 0.4) is 0 Å². The van der Waals surface area contributed by atoms with Gasteiger partial charge in [0.05, 0.1) is 0 Å². The molecule has 0 N–H and O–H groups in total. The third kappa shape index (κ3) is 64.9. The normalized spacial score (nSPS) is 12.8. The smallest absolute Gasteiger partial charge is 0.306 e. The molecular formula is C74H126O6. The second-order valence-electron chi connectivity index (χ2n) is 22.3. The summed E-state index contributed by atoms with van der Waals surface area (Å²) in [4.78, 5) is 38.4. The zero-order chi connectivity index (χ0) is 57.8. The minimum absolute atomic E-state index is 0.0841. The van der Waals surface area contributed by atoms with Crippen LogP contribution >= 0.6 is 0 Å². The van der Waals surface area contributed by atoms with Gasteiger partial charge in [-0.1, -0.05) is 284 Å². The monoisotopic (exact) mass is 1110 g/mol. The van der Waals surface area contributed by atoms with Crippen molar-refractivity contribution in [1.29, 1.82) is 0 Å². The number of esters is 3. The molecule has 0 aliphatic rings. The number of ether oxygens (including phenoxy) is 3. The molecule has 0 fully saturated rings. The maximum absolute atomic E-state index is 12.9. The Hall–Kier alpha value is -3.93. The minimum Gasteiger partial charge on any atom is -0.462 e. The predicted molar refractivity (Wildman–Crippen MR) is 348 cm³/mol. The summed E-state index contributed by atoms with van der Waals surface area (Å²) in [5.41, 5.74) is 0. The number of carbonyl (C=O) groups is 3. The Labute approximate surface area is 495 Å². The van der Waals surface area contributed by atoms with E-state index < -0.39 is 6.10 Å². The fraction of sp³-hybridized carbons (Fsp3) is 0.716. The molecule has 0 heterocycles. The second kappa shape index (κ2) is 67.6. The number of carbonyl (C=O) groups excluding carboxylic acids is 3. The van der Waals surface area contributed by atoms with E-state index >= 15 is 0 Å². The highest BCUT2D eigenvalue weighted by Crippen LogP contribution is 2.16. The van der Waals surface area contributed by atoms with Crippen molar-refractivity contribution in [3.63, 3.8) is 0 Å². The van der Waals surface area contributed by atoms with Gasteiger partial charge in [0, 0.05) is 19.3 Å². The third-order valence-electron chi connectivity index (χ3n) is 14.5. The maximum Gasteiger partial charge on any atom is 0.306 e. The van der Waals surface area contributed by atoms with E-state index in [1.54, 1.807) is 0 Å². The average Bonchev–Trinajstić information content (AvgIpc) is 3.46. The van der Waals surface area contributed by atoms with E-state index in [2.05, 4.69) is 130 Å². The van der Waals surface area contributed by atoms with Gasteiger partial charge in [-0.15, -0.1) is 0 Å². The summed E-state index contributed by atoms with van der Waals surface area (Å²) >= 11 is 0. The zero-order valence-corrected chi connectivity index (χ0v) is 52.6. The number of unbranched alkanes of at least 4 members (excludes halogenated alkanes) is 32. The Morgan fingerprint density at radius 2 is 0.487 bits per heavy atom. The van der Waals surface area contributed by atoms with Gasteiger partial charge < -0.3 is 14.2 Å². The molecule has 458 valence electrons. The largest absolute Gasteiger partial charge is 0.462 e. The van der Waals surface area contributed by atoms with Crippen LogP contribution in [0.4, 0.5) is 0 Å². The maximum atomic E-state index is 12.9. The summed E-state index contributed by atoms with van der Waals surface area (Å²) in [6.07, 6.45) is 92.4. The van der Waals surface area contributed by atoms with E-state index in [-0.39, 0.29) is 31.1 Å². The van der Waals surface area contributed by atoms with Crippen LogP contribution in [-0.2, 0) is 28.6 Å². The fourth-order valence-electron chi connectivity index (χ4n) is 9.41. The lowest BCUT2D eigenvalue weighted by Gasteiger charge is -2.18. The van der Waals surface area contributed by atoms with Crippen molar-refractivity contribution in [3.05, 3.63) is 109 Å². The molecule has 0 aromatic carbocycles. The first-order valence-corrected chi connectivity index (χ1v) is 33.9. The van der Waals surface area contributed by atoms with E-state index in [9.17, 15) is 14.4 Å². The Morgan fingerprint density at radius 1 is 0.263 bits per heavy atom. The van der Waals surface area contributed by atoms with Gasteiger partial charge in [0.1, 0.15) is 13.2 Å². The Kier molecular flexibility index (Phi) is 64.3. The summed E-state index contributed by atoms with van der Waals surface area (Å²) in [7, 11) is 0. The highest BCUT2D eigenvalue weighted by Gasteiger charge is 2.19. The van der Waals surface area contributed by atoms with Crippen molar-refractivity contribution in [1.82, 2.24) is 0 Å². The second-order valence-corrected chi connectivity index (χ2v) is 22.3. The molecule has 0 radical (unpaired) electrons. The van der Waals surface area contributed by atoms with Gasteiger partial charge in [0.15, 0.2) is 6.10 Å². The number of hydrogen-bond acceptors (Lipinski definition) is 6. The lowest BCUT2D eigenvalue weighted by molar-refractivity contribution is -0.167. The number of hydrogen-bond donors (Lipinski definition) is 0. The quantitative estimate of drug-likeness (QED) is 0.0261. The fourth-order valence-corrected chi connectivity index (χ4v) is 9.41. The lowest BCUT2D eigenvalue weighted by Crippen LogP contribution is -2.30. The molecule has 0 aromatic heterocycles. The molecule has 0 aliphatic carbocycles. The van der Waals surface area contributed by atoms with Crippen molar-refractivity contribution in [2.45, 2.75) is 329 Å². The summed E-state index contributed by atoms with van der Waals surface area (Å²) < 4.78 is 16.9. The molecule has 0 aromatic rings. The van der Waals surface area contributed by atoms with Crippen LogP contribution < -0.4 is 0 Å². The minimum atomic E-state index is -0.788. The molecule has 0 spiro atoms. The molecule has 0 rings (SSSR count). The van der Waals surface area contributed by atoms with Crippen LogP contribution in [0.5, 0.6) is 0 Å². The van der Waals surface area contributed by atoms with Crippen LogP contribution in [0, 0.1) is 0 Å². The number of allylic oxidation sites excluding steroid dienone is 18. The van der Waals surface area contributed by atoms with Crippen LogP contribution in [0.25, 0.3) is 0 Å². The van der Waals surface area contributed by atoms with Gasteiger partial charge in [-0.2, -0.15) is 0 Å². The molecule has 0 bridgehead atoms. The third-order valence-corrected chi connectivity index (χ3v) is 14.5. The van der Waals surface area contributed by atoms with Crippen molar-refractivity contribution >= 4 is 17.9 Å². The zero-order valence-electron chi connectivity index (χ0n) is 52.6. The van der Waals surface area contributed by atoms with Gasteiger partial charge in [-0.25, -0.2) is 0 Å². The lowest BCUT2D eigenvalue weighted by atomic mass is 10.1. The summed E-state index contributed by atoms with van der Waals surface area (Å²) in [6.45, 7) is 6.50. The van der Waals surface area contributed by atoms with E-state index in [1.807, 2.05) is 0 Å². The standard InChI is InChI=1S/C74H126O6/c1-4-7-10-13-16-19-22-25-27-29-31-33-34-35-36-37-38-39-40-42-43-45-47-49-52-55-58-61-64-67-73(76)79-70-71(69-78-72(75)66-63-60-57-54-51-24-21-18-15-12-9-6-3)80-74(77)68-65-62-59-56-53-50-48-46-44-41-32-30-28-26-23-20-17-14-11-8-5-2/h7,10,16,18-19,21,23,25-27,30-33,35-36,38-39,71H,4-6,8-9,11-15,17,20,22,24,28-29,34,37,40-70H2,1-3H3/b10-7-,19-16-,21-18-,26-23-,27-25-,32-30-,33-31-,36-35-,39-38-. The highest BCUT2D eigenvalue weighted by molar-refractivity contribution is 5.71. The molecule has 1 unspecified atom stereocenters. The van der Waals surface area contributed by atoms with Crippen LogP contribution in [0.15, 0.2) is 109 Å². The van der Waals surface area contributed by atoms with Crippen molar-refractivity contribution in [2.75, 3.05) is 13.2 Å². The Balaban J connectivity index is 4.29. The van der Waals surface area contributed by atoms with Gasteiger partial charge >= 0.3 is 17.9 Å². The first-order chi connectivity index (χ1) is 39.5. The summed E-state index contributed by atoms with van der Waals surface area (Å²) in [6, 6.07) is 0. The average molecular weight is 1110 g/mol. The molecular weight excluding hydrogens is 985 g/mol. The van der Waals surface area contributed by atoms with Crippen molar-refractivity contribution in [3.8, 4) is 0 Å². The molecule has 0 aliphatic heterocycles. The van der Waals surface area contributed by atoms with Gasteiger partial charge in [-0.05, 0) is 128 Å².